The summed E-state index contributed by atoms with van der Waals surface area (Å²) in [5.74, 6) is -2.62. The van der Waals surface area contributed by atoms with Gasteiger partial charge in [0.2, 0.25) is 0 Å². The van der Waals surface area contributed by atoms with Gasteiger partial charge in [-0.1, -0.05) is 17.3 Å². The molecule has 0 bridgehead atoms. The Bertz CT molecular complexity index is 2060. The monoisotopic (exact) mass is 692 g/mol. The number of hydrogen-bond donors (Lipinski definition) is 3. The minimum Gasteiger partial charge on any atom is -0.543 e. The average molecular weight is 693 g/mol. The van der Waals surface area contributed by atoms with Crippen molar-refractivity contribution in [1.82, 2.24) is 24.4 Å². The molecule has 3 aromatic heterocycles. The van der Waals surface area contributed by atoms with Gasteiger partial charge in [0.25, 0.3) is 11.8 Å². The minimum atomic E-state index is -1.50. The normalized spacial score (nSPS) is 19.8. The van der Waals surface area contributed by atoms with Gasteiger partial charge in [-0.2, -0.15) is 0 Å². The number of benzene rings is 1. The van der Waals surface area contributed by atoms with Crippen molar-refractivity contribution in [3.05, 3.63) is 82.1 Å². The molecule has 248 valence electrons. The number of aromatic nitrogens is 4. The summed E-state index contributed by atoms with van der Waals surface area (Å²) in [7, 11) is 1.27. The van der Waals surface area contributed by atoms with Crippen LogP contribution in [0.3, 0.4) is 0 Å². The van der Waals surface area contributed by atoms with Crippen molar-refractivity contribution >= 4 is 63.2 Å². The number of imidazole rings is 1. The highest BCUT2D eigenvalue weighted by atomic mass is 32.2. The number of carbonyl (C=O) groups excluding carboxylic acids is 3. The molecule has 2 atom stereocenters. The molecule has 15 nitrogen and oxygen atoms in total. The summed E-state index contributed by atoms with van der Waals surface area (Å²) in [5.41, 5.74) is 13.7. The number of nitrogens with zero attached hydrogens (tertiary/aromatic N) is 7. The number of nitrogen functional groups attached to an aromatic ring is 1. The summed E-state index contributed by atoms with van der Waals surface area (Å²) in [6.07, 6.45) is 7.37. The van der Waals surface area contributed by atoms with E-state index in [1.54, 1.807) is 35.4 Å². The second-order valence-corrected chi connectivity index (χ2v) is 13.4. The number of amidine groups is 1. The van der Waals surface area contributed by atoms with E-state index in [1.165, 1.54) is 30.3 Å². The van der Waals surface area contributed by atoms with Gasteiger partial charge in [0.15, 0.2) is 17.0 Å². The number of nitrogens with two attached hydrogens (primary N) is 2. The third-order valence-corrected chi connectivity index (χ3v) is 10.2. The molecule has 48 heavy (non-hydrogen) atoms. The number of anilines is 1. The molecular weight excluding hydrogens is 664 g/mol. The molecule has 5 heterocycles. The number of rotatable bonds is 11. The number of nitrogens with one attached hydrogen (secondary N) is 1. The summed E-state index contributed by atoms with van der Waals surface area (Å²) in [4.78, 5) is 53.0. The molecule has 7 rings (SSSR count). The molecule has 2 aliphatic heterocycles. The highest BCUT2D eigenvalue weighted by Gasteiger charge is 2.53. The average Bonchev–Trinajstić information content (AvgIpc) is 3.42. The highest BCUT2D eigenvalue weighted by molar-refractivity contribution is 8.00. The Kier molecular flexibility index (Phi) is 8.12. The Morgan fingerprint density at radius 3 is 2.77 bits per heavy atom. The van der Waals surface area contributed by atoms with Gasteiger partial charge in [-0.15, -0.1) is 27.6 Å². The lowest BCUT2D eigenvalue weighted by molar-refractivity contribution is -0.662. The number of β-lactam (4-membered cyclic amide) rings is 1. The summed E-state index contributed by atoms with van der Waals surface area (Å²) >= 11 is 2.43. The fourth-order valence-electron chi connectivity index (χ4n) is 5.69. The minimum absolute atomic E-state index is 0.139. The van der Waals surface area contributed by atoms with Crippen LogP contribution in [0.1, 0.15) is 29.7 Å². The largest absolute Gasteiger partial charge is 0.543 e. The molecule has 0 spiro atoms. The van der Waals surface area contributed by atoms with Crippen LogP contribution in [0.15, 0.2) is 69.7 Å². The van der Waals surface area contributed by atoms with Gasteiger partial charge >= 0.3 is 5.65 Å². The predicted octanol–water partition coefficient (Wildman–Crippen LogP) is -0.423. The lowest BCUT2D eigenvalue weighted by atomic mass is 10.0. The summed E-state index contributed by atoms with van der Waals surface area (Å²) in [6, 6.07) is 5.91. The Labute approximate surface area is 280 Å². The van der Waals surface area contributed by atoms with Crippen molar-refractivity contribution in [2.24, 2.45) is 15.9 Å². The van der Waals surface area contributed by atoms with Crippen LogP contribution in [0, 0.1) is 5.82 Å². The number of carbonyl (C=O) groups is 3. The Hall–Kier alpha value is -5.23. The molecule has 18 heteroatoms. The topological polar surface area (TPSA) is 202 Å². The molecule has 5 N–H and O–H groups in total. The first-order chi connectivity index (χ1) is 23.1. The van der Waals surface area contributed by atoms with Crippen molar-refractivity contribution < 1.29 is 33.3 Å². The van der Waals surface area contributed by atoms with E-state index in [9.17, 15) is 19.5 Å². The number of fused-ring (bicyclic) bond motifs is 2. The van der Waals surface area contributed by atoms with Crippen molar-refractivity contribution in [2.75, 3.05) is 18.6 Å². The van der Waals surface area contributed by atoms with Crippen LogP contribution in [-0.2, 0) is 32.3 Å². The van der Waals surface area contributed by atoms with Crippen LogP contribution in [0.25, 0.3) is 5.65 Å². The molecule has 1 saturated heterocycles. The molecule has 0 radical (unpaired) electrons. The van der Waals surface area contributed by atoms with Gasteiger partial charge in [-0.3, -0.25) is 19.5 Å². The number of amides is 2. The predicted molar refractivity (Wildman–Crippen MR) is 172 cm³/mol. The highest BCUT2D eigenvalue weighted by Crippen LogP contribution is 2.40. The number of thioether (sulfide) groups is 1. The first-order valence-electron chi connectivity index (χ1n) is 14.8. The van der Waals surface area contributed by atoms with Crippen molar-refractivity contribution in [3.8, 4) is 0 Å². The molecule has 4 aromatic rings. The number of aliphatic carboxylic acids is 1. The number of hydrogen-bond acceptors (Lipinski definition) is 11. The standard InChI is InChI=1S/C30H29FN10O5S2/c1-46-37-22(20-14-48-30(33)35-20)26(42)36-23-27(43)41-24(29(44)45)17(13-47-28(23)41)12-39-7-6-21-38(8-9-40(21)39)11-16-3-2-15(10-19(16)31)25(32)34-18-4-5-18/h2-3,6-10,14,18,23,28H,4-5,11-13H2,1H3,(H5-,32,33,34,35,36,42,44,45)/b37-22-/t23-,28-/m1/s1. The second kappa shape index (κ2) is 12.4. The molecule has 2 fully saturated rings. The quantitative estimate of drug-likeness (QED) is 0.0614. The zero-order chi connectivity index (χ0) is 33.7. The van der Waals surface area contributed by atoms with Crippen LogP contribution in [0.5, 0.6) is 0 Å². The maximum atomic E-state index is 15.1. The number of halogens is 1. The van der Waals surface area contributed by atoms with Crippen molar-refractivity contribution in [1.29, 1.82) is 0 Å². The number of carboxylic acids is 1. The lowest BCUT2D eigenvalue weighted by Crippen LogP contribution is -2.71. The molecule has 1 aromatic carbocycles. The Balaban J connectivity index is 1.07. The lowest BCUT2D eigenvalue weighted by Gasteiger charge is -2.50. The van der Waals surface area contributed by atoms with Gasteiger partial charge in [0.05, 0.1) is 36.5 Å². The maximum Gasteiger partial charge on any atom is 0.307 e. The van der Waals surface area contributed by atoms with Crippen LogP contribution in [-0.4, -0.2) is 78.7 Å². The van der Waals surface area contributed by atoms with E-state index in [2.05, 4.69) is 20.4 Å². The third kappa shape index (κ3) is 5.76. The maximum absolute atomic E-state index is 15.1. The summed E-state index contributed by atoms with van der Waals surface area (Å²) in [5, 5.41) is 19.8. The molecule has 0 unspecified atom stereocenters. The fraction of sp³-hybridized carbons (Fsp3) is 0.300. The molecule has 1 saturated carbocycles. The van der Waals surface area contributed by atoms with E-state index in [0.29, 0.717) is 22.5 Å². The van der Waals surface area contributed by atoms with E-state index in [4.69, 9.17) is 16.3 Å². The van der Waals surface area contributed by atoms with Crippen molar-refractivity contribution in [2.45, 2.75) is 43.4 Å². The zero-order valence-electron chi connectivity index (χ0n) is 25.4. The molecule has 2 amide bonds. The number of carboxylic acid groups (broad SMARTS) is 1. The number of aliphatic imine (C=N–C) groups is 1. The van der Waals surface area contributed by atoms with Crippen molar-refractivity contribution in [3.63, 3.8) is 0 Å². The molecule has 1 aliphatic carbocycles. The first kappa shape index (κ1) is 31.4. The van der Waals surface area contributed by atoms with Gasteiger partial charge in [0.1, 0.15) is 48.6 Å². The smallest absolute Gasteiger partial charge is 0.307 e. The fourth-order valence-corrected chi connectivity index (χ4v) is 7.57. The van der Waals surface area contributed by atoms with E-state index >= 15 is 4.39 Å². The summed E-state index contributed by atoms with van der Waals surface area (Å²) < 4.78 is 20.5. The Morgan fingerprint density at radius 1 is 1.27 bits per heavy atom. The van der Waals surface area contributed by atoms with E-state index in [0.717, 1.165) is 34.7 Å². The third-order valence-electron chi connectivity index (χ3n) is 8.19. The van der Waals surface area contributed by atoms with E-state index in [1.807, 2.05) is 15.1 Å². The molecular formula is C30H29FN10O5S2. The van der Waals surface area contributed by atoms with Crippen LogP contribution in [0.4, 0.5) is 9.52 Å². The van der Waals surface area contributed by atoms with Gasteiger partial charge < -0.3 is 31.5 Å². The van der Waals surface area contributed by atoms with Crippen LogP contribution < -0.4 is 26.5 Å². The van der Waals surface area contributed by atoms with Crippen LogP contribution >= 0.6 is 23.1 Å². The first-order valence-corrected chi connectivity index (χ1v) is 16.7. The Morgan fingerprint density at radius 2 is 2.08 bits per heavy atom. The number of thiazole rings is 1. The van der Waals surface area contributed by atoms with Crippen LogP contribution in [0.2, 0.25) is 0 Å². The summed E-state index contributed by atoms with van der Waals surface area (Å²) in [6.45, 7) is 0.388. The zero-order valence-corrected chi connectivity index (χ0v) is 27.0. The van der Waals surface area contributed by atoms with E-state index in [-0.39, 0.29) is 47.1 Å². The SMILES string of the molecule is CO/N=C(\C(=O)N[C@@H]1C(=O)N2C(C(=O)[O-])=C(Cn3ccc4n3cc[n+]4Cc3ccc(C(N)=NC4CC4)cc3F)CS[C@H]12)c1csc(N)n1. The second-order valence-electron chi connectivity index (χ2n) is 11.4. The molecule has 3 aliphatic rings. The van der Waals surface area contributed by atoms with Gasteiger partial charge in [-0.25, -0.2) is 18.6 Å². The van der Waals surface area contributed by atoms with E-state index < -0.39 is 35.0 Å². The van der Waals surface area contributed by atoms with Gasteiger partial charge in [-0.05, 0) is 24.5 Å². The van der Waals surface area contributed by atoms with Gasteiger partial charge in [0, 0.05) is 22.3 Å². The number of oxime groups is 1.